The maximum absolute atomic E-state index is 13.2. The third-order valence-corrected chi connectivity index (χ3v) is 6.28. The molecule has 172 valence electrons. The van der Waals surface area contributed by atoms with E-state index in [0.29, 0.717) is 51.4 Å². The molecule has 1 atom stereocenters. The van der Waals surface area contributed by atoms with Crippen molar-refractivity contribution >= 4 is 17.7 Å². The number of amides is 3. The zero-order valence-electron chi connectivity index (χ0n) is 18.7. The highest BCUT2D eigenvalue weighted by Gasteiger charge is 2.42. The smallest absolute Gasteiger partial charge is 0.274 e. The molecule has 2 aliphatic heterocycles. The molecular formula is C22H35N5O4. The van der Waals surface area contributed by atoms with Crippen LogP contribution in [0.4, 0.5) is 0 Å². The van der Waals surface area contributed by atoms with Gasteiger partial charge in [-0.3, -0.25) is 19.1 Å². The number of likely N-dealkylation sites (tertiary alicyclic amines) is 1. The molecule has 1 aromatic rings. The van der Waals surface area contributed by atoms with E-state index < -0.39 is 11.5 Å². The van der Waals surface area contributed by atoms with Crippen LogP contribution in [0.5, 0.6) is 0 Å². The number of piperidine rings is 1. The van der Waals surface area contributed by atoms with Crippen molar-refractivity contribution in [3.8, 4) is 0 Å². The molecule has 2 fully saturated rings. The van der Waals surface area contributed by atoms with Gasteiger partial charge in [-0.25, -0.2) is 0 Å². The Morgan fingerprint density at radius 1 is 1.23 bits per heavy atom. The highest BCUT2D eigenvalue weighted by Crippen LogP contribution is 2.37. The first-order valence-electron chi connectivity index (χ1n) is 11.4. The van der Waals surface area contributed by atoms with E-state index in [-0.39, 0.29) is 17.7 Å². The summed E-state index contributed by atoms with van der Waals surface area (Å²) in [4.78, 5) is 40.1. The molecule has 3 heterocycles. The zero-order valence-corrected chi connectivity index (χ0v) is 18.7. The van der Waals surface area contributed by atoms with Gasteiger partial charge in [-0.2, -0.15) is 5.10 Å². The van der Waals surface area contributed by atoms with Gasteiger partial charge in [-0.1, -0.05) is 13.3 Å². The molecule has 0 radical (unpaired) electrons. The molecule has 0 saturated carbocycles. The number of hydrogen-bond donors (Lipinski definition) is 2. The number of ether oxygens (including phenoxy) is 1. The normalized spacial score (nSPS) is 23.3. The van der Waals surface area contributed by atoms with Gasteiger partial charge < -0.3 is 20.3 Å². The molecule has 3 rings (SSSR count). The lowest BCUT2D eigenvalue weighted by molar-refractivity contribution is -0.137. The van der Waals surface area contributed by atoms with Crippen molar-refractivity contribution in [3.05, 3.63) is 18.0 Å². The summed E-state index contributed by atoms with van der Waals surface area (Å²) in [5.41, 5.74) is -0.118. The molecule has 0 aliphatic carbocycles. The molecule has 1 spiro atoms. The number of aryl methyl sites for hydroxylation is 1. The molecule has 2 N–H and O–H groups in total. The number of hydrogen-bond acceptors (Lipinski definition) is 5. The summed E-state index contributed by atoms with van der Waals surface area (Å²) in [7, 11) is 0. The largest absolute Gasteiger partial charge is 0.380 e. The second kappa shape index (κ2) is 10.7. The maximum Gasteiger partial charge on any atom is 0.274 e. The second-order valence-corrected chi connectivity index (χ2v) is 8.59. The van der Waals surface area contributed by atoms with Gasteiger partial charge in [0.25, 0.3) is 5.91 Å². The molecule has 3 amide bonds. The van der Waals surface area contributed by atoms with Crippen LogP contribution >= 0.6 is 0 Å². The molecule has 0 bridgehead atoms. The van der Waals surface area contributed by atoms with Gasteiger partial charge >= 0.3 is 0 Å². The van der Waals surface area contributed by atoms with Gasteiger partial charge in [-0.05, 0) is 45.1 Å². The van der Waals surface area contributed by atoms with E-state index in [4.69, 9.17) is 4.74 Å². The first-order valence-corrected chi connectivity index (χ1v) is 11.4. The van der Waals surface area contributed by atoms with E-state index in [2.05, 4.69) is 22.7 Å². The Hall–Kier alpha value is -2.42. The Morgan fingerprint density at radius 2 is 2.00 bits per heavy atom. The van der Waals surface area contributed by atoms with Gasteiger partial charge in [-0.15, -0.1) is 0 Å². The van der Waals surface area contributed by atoms with Crippen molar-refractivity contribution in [1.82, 2.24) is 25.3 Å². The minimum atomic E-state index is -0.604. The number of rotatable bonds is 3. The summed E-state index contributed by atoms with van der Waals surface area (Å²) in [6.45, 7) is 7.10. The van der Waals surface area contributed by atoms with E-state index in [9.17, 15) is 14.4 Å². The Kier molecular flexibility index (Phi) is 8.06. The fourth-order valence-corrected chi connectivity index (χ4v) is 4.30. The number of aromatic nitrogens is 2. The first kappa shape index (κ1) is 23.2. The average Bonchev–Trinajstić information content (AvgIpc) is 3.23. The van der Waals surface area contributed by atoms with Crippen LogP contribution in [0.1, 0.15) is 62.9 Å². The fourth-order valence-electron chi connectivity index (χ4n) is 4.30. The summed E-state index contributed by atoms with van der Waals surface area (Å²) < 4.78 is 7.36. The fraction of sp³-hybridized carbons (Fsp3) is 0.727. The molecule has 0 unspecified atom stereocenters. The molecule has 31 heavy (non-hydrogen) atoms. The van der Waals surface area contributed by atoms with Gasteiger partial charge in [0.15, 0.2) is 0 Å². The lowest BCUT2D eigenvalue weighted by Gasteiger charge is -2.41. The summed E-state index contributed by atoms with van der Waals surface area (Å²) in [6.07, 6.45) is 6.42. The van der Waals surface area contributed by atoms with Crippen LogP contribution in [-0.2, 0) is 20.9 Å². The van der Waals surface area contributed by atoms with Gasteiger partial charge in [0.1, 0.15) is 11.7 Å². The highest BCUT2D eigenvalue weighted by atomic mass is 16.5. The third kappa shape index (κ3) is 5.84. The Balaban J connectivity index is 1.66. The summed E-state index contributed by atoms with van der Waals surface area (Å²) >= 11 is 0. The number of nitrogens with one attached hydrogen (secondary N) is 2. The molecule has 0 aromatic carbocycles. The number of carbonyl (C=O) groups excluding carboxylic acids is 3. The molecule has 2 aliphatic rings. The molecule has 2 saturated heterocycles. The standard InChI is InChI=1S/C22H35N5O4/c1-3-11-27-12-6-18(25-27)20(29)26-13-8-22(9-14-26)7-4-5-15-31-16-10-23-19(28)17(2)24-21(22)30/h6,12,17H,3-5,7-11,13-16H2,1-2H3,(H,23,28)(H,24,30)/t17-/m0/s1. The predicted octanol–water partition coefficient (Wildman–Crippen LogP) is 1.34. The van der Waals surface area contributed by atoms with Crippen LogP contribution in [0.15, 0.2) is 12.3 Å². The second-order valence-electron chi connectivity index (χ2n) is 8.59. The Labute approximate surface area is 183 Å². The quantitative estimate of drug-likeness (QED) is 0.748. The van der Waals surface area contributed by atoms with Crippen molar-refractivity contribution in [1.29, 1.82) is 0 Å². The van der Waals surface area contributed by atoms with Crippen LogP contribution in [-0.4, -0.2) is 71.3 Å². The van der Waals surface area contributed by atoms with E-state index in [1.165, 1.54) is 0 Å². The summed E-state index contributed by atoms with van der Waals surface area (Å²) in [6, 6.07) is 1.15. The molecule has 9 heteroatoms. The zero-order chi connectivity index (χ0) is 22.3. The van der Waals surface area contributed by atoms with Crippen LogP contribution < -0.4 is 10.6 Å². The van der Waals surface area contributed by atoms with Gasteiger partial charge in [0.2, 0.25) is 11.8 Å². The van der Waals surface area contributed by atoms with Crippen LogP contribution in [0.2, 0.25) is 0 Å². The van der Waals surface area contributed by atoms with Crippen molar-refractivity contribution in [2.24, 2.45) is 5.41 Å². The SMILES string of the molecule is CCCn1ccc(C(=O)N2CCC3(CCCCOCCNC(=O)[C@H](C)NC3=O)CC2)n1. The van der Waals surface area contributed by atoms with Crippen molar-refractivity contribution in [2.45, 2.75) is 65.0 Å². The van der Waals surface area contributed by atoms with Crippen LogP contribution in [0, 0.1) is 5.41 Å². The molecular weight excluding hydrogens is 398 g/mol. The van der Waals surface area contributed by atoms with Crippen LogP contribution in [0.25, 0.3) is 0 Å². The third-order valence-electron chi connectivity index (χ3n) is 6.28. The molecule has 1 aromatic heterocycles. The van der Waals surface area contributed by atoms with E-state index in [1.807, 2.05) is 6.20 Å². The Morgan fingerprint density at radius 3 is 2.74 bits per heavy atom. The lowest BCUT2D eigenvalue weighted by atomic mass is 9.73. The van der Waals surface area contributed by atoms with Gasteiger partial charge in [0.05, 0.1) is 12.0 Å². The topological polar surface area (TPSA) is 106 Å². The maximum atomic E-state index is 13.2. The minimum Gasteiger partial charge on any atom is -0.380 e. The Bertz CT molecular complexity index is 770. The molecule has 9 nitrogen and oxygen atoms in total. The minimum absolute atomic E-state index is 0.0871. The van der Waals surface area contributed by atoms with E-state index >= 15 is 0 Å². The van der Waals surface area contributed by atoms with E-state index in [0.717, 1.165) is 32.2 Å². The van der Waals surface area contributed by atoms with Crippen molar-refractivity contribution in [2.75, 3.05) is 32.8 Å². The van der Waals surface area contributed by atoms with Crippen molar-refractivity contribution < 1.29 is 19.1 Å². The van der Waals surface area contributed by atoms with E-state index in [1.54, 1.807) is 22.6 Å². The highest BCUT2D eigenvalue weighted by molar-refractivity contribution is 5.93. The van der Waals surface area contributed by atoms with Crippen LogP contribution in [0.3, 0.4) is 0 Å². The van der Waals surface area contributed by atoms with Gasteiger partial charge in [0, 0.05) is 39.0 Å². The summed E-state index contributed by atoms with van der Waals surface area (Å²) in [5.74, 6) is -0.382. The number of carbonyl (C=O) groups is 3. The lowest BCUT2D eigenvalue weighted by Crippen LogP contribution is -2.54. The van der Waals surface area contributed by atoms with Crippen molar-refractivity contribution in [3.63, 3.8) is 0 Å². The first-order chi connectivity index (χ1) is 14.9. The number of nitrogens with zero attached hydrogens (tertiary/aromatic N) is 3. The predicted molar refractivity (Wildman–Crippen MR) is 115 cm³/mol. The monoisotopic (exact) mass is 433 g/mol. The summed E-state index contributed by atoms with van der Waals surface area (Å²) in [5, 5.41) is 10.1. The average molecular weight is 434 g/mol.